The fourth-order valence-electron chi connectivity index (χ4n) is 1.70. The van der Waals surface area contributed by atoms with Crippen molar-refractivity contribution in [3.63, 3.8) is 0 Å². The van der Waals surface area contributed by atoms with Gasteiger partial charge in [0.05, 0.1) is 15.7 Å². The summed E-state index contributed by atoms with van der Waals surface area (Å²) in [7, 11) is 0. The van der Waals surface area contributed by atoms with Crippen LogP contribution in [-0.2, 0) is 6.42 Å². The molecule has 0 fully saturated rings. The van der Waals surface area contributed by atoms with Gasteiger partial charge in [-0.15, -0.1) is 0 Å². The number of nitrogens with one attached hydrogen (secondary N) is 1. The Balaban J connectivity index is 2.38. The Morgan fingerprint density at radius 2 is 1.95 bits per heavy atom. The highest BCUT2D eigenvalue weighted by molar-refractivity contribution is 6.43. The maximum absolute atomic E-state index is 6.14. The first-order valence-electron chi connectivity index (χ1n) is 5.84. The van der Waals surface area contributed by atoms with Gasteiger partial charge in [0.1, 0.15) is 17.3 Å². The second-order valence-electron chi connectivity index (χ2n) is 3.97. The zero-order valence-corrected chi connectivity index (χ0v) is 12.5. The number of hydrogen-bond donors (Lipinski definition) is 1. The molecule has 0 radical (unpaired) electrons. The van der Waals surface area contributed by atoms with Crippen molar-refractivity contribution in [2.75, 3.05) is 5.32 Å². The zero-order valence-electron chi connectivity index (χ0n) is 10.3. The number of halogens is 3. The summed E-state index contributed by atoms with van der Waals surface area (Å²) < 4.78 is 0. The summed E-state index contributed by atoms with van der Waals surface area (Å²) in [6.07, 6.45) is 3.16. The average molecular weight is 317 g/mol. The fraction of sp³-hybridized carbons (Fsp3) is 0.231. The molecule has 0 atom stereocenters. The predicted molar refractivity (Wildman–Crippen MR) is 80.8 cm³/mol. The SMILES string of the molecule is CCCc1c(Cl)ncnc1Nc1cccc(Cl)c1Cl. The third kappa shape index (κ3) is 3.30. The number of benzene rings is 1. The van der Waals surface area contributed by atoms with Crippen LogP contribution in [0.2, 0.25) is 15.2 Å². The number of anilines is 2. The van der Waals surface area contributed by atoms with Crippen molar-refractivity contribution in [3.05, 3.63) is 45.3 Å². The van der Waals surface area contributed by atoms with Gasteiger partial charge in [0, 0.05) is 5.56 Å². The molecule has 100 valence electrons. The van der Waals surface area contributed by atoms with Crippen molar-refractivity contribution in [1.29, 1.82) is 0 Å². The van der Waals surface area contributed by atoms with Crippen molar-refractivity contribution >= 4 is 46.3 Å². The van der Waals surface area contributed by atoms with Crippen LogP contribution in [0.15, 0.2) is 24.5 Å². The molecule has 1 aromatic heterocycles. The highest BCUT2D eigenvalue weighted by atomic mass is 35.5. The van der Waals surface area contributed by atoms with Gasteiger partial charge >= 0.3 is 0 Å². The Labute approximate surface area is 126 Å². The number of hydrogen-bond acceptors (Lipinski definition) is 3. The van der Waals surface area contributed by atoms with Crippen LogP contribution >= 0.6 is 34.8 Å². The monoisotopic (exact) mass is 315 g/mol. The number of nitrogens with zero attached hydrogens (tertiary/aromatic N) is 2. The van der Waals surface area contributed by atoms with Gasteiger partial charge in [0.15, 0.2) is 0 Å². The molecular formula is C13H12Cl3N3. The van der Waals surface area contributed by atoms with Gasteiger partial charge in [-0.05, 0) is 18.6 Å². The maximum Gasteiger partial charge on any atom is 0.138 e. The van der Waals surface area contributed by atoms with Gasteiger partial charge in [-0.2, -0.15) is 0 Å². The van der Waals surface area contributed by atoms with Crippen molar-refractivity contribution < 1.29 is 0 Å². The van der Waals surface area contributed by atoms with E-state index in [2.05, 4.69) is 22.2 Å². The Morgan fingerprint density at radius 3 is 2.68 bits per heavy atom. The normalized spacial score (nSPS) is 10.5. The van der Waals surface area contributed by atoms with Crippen LogP contribution < -0.4 is 5.32 Å². The van der Waals surface area contributed by atoms with Crippen molar-refractivity contribution in [2.45, 2.75) is 19.8 Å². The van der Waals surface area contributed by atoms with Gasteiger partial charge < -0.3 is 5.32 Å². The highest BCUT2D eigenvalue weighted by Crippen LogP contribution is 2.33. The lowest BCUT2D eigenvalue weighted by Gasteiger charge is -2.12. The number of aromatic nitrogens is 2. The second kappa shape index (κ2) is 6.42. The van der Waals surface area contributed by atoms with Crippen molar-refractivity contribution in [3.8, 4) is 0 Å². The van der Waals surface area contributed by atoms with Gasteiger partial charge in [0.2, 0.25) is 0 Å². The minimum absolute atomic E-state index is 0.456. The van der Waals surface area contributed by atoms with E-state index in [4.69, 9.17) is 34.8 Å². The van der Waals surface area contributed by atoms with E-state index < -0.39 is 0 Å². The van der Waals surface area contributed by atoms with Crippen LogP contribution in [0.4, 0.5) is 11.5 Å². The Morgan fingerprint density at radius 1 is 1.16 bits per heavy atom. The lowest BCUT2D eigenvalue weighted by molar-refractivity contribution is 0.904. The molecule has 19 heavy (non-hydrogen) atoms. The lowest BCUT2D eigenvalue weighted by Crippen LogP contribution is -2.02. The van der Waals surface area contributed by atoms with Crippen LogP contribution in [0, 0.1) is 0 Å². The average Bonchev–Trinajstić information content (AvgIpc) is 2.39. The summed E-state index contributed by atoms with van der Waals surface area (Å²) in [5.74, 6) is 0.658. The van der Waals surface area contributed by atoms with Crippen LogP contribution in [0.1, 0.15) is 18.9 Å². The first-order chi connectivity index (χ1) is 9.13. The third-order valence-corrected chi connectivity index (χ3v) is 3.74. The molecular weight excluding hydrogens is 305 g/mol. The largest absolute Gasteiger partial charge is 0.339 e. The smallest absolute Gasteiger partial charge is 0.138 e. The van der Waals surface area contributed by atoms with E-state index in [9.17, 15) is 0 Å². The third-order valence-electron chi connectivity index (χ3n) is 2.60. The quantitative estimate of drug-likeness (QED) is 0.794. The molecule has 6 heteroatoms. The van der Waals surface area contributed by atoms with Gasteiger partial charge in [-0.1, -0.05) is 54.2 Å². The first-order valence-corrected chi connectivity index (χ1v) is 6.97. The van der Waals surface area contributed by atoms with Gasteiger partial charge in [-0.25, -0.2) is 9.97 Å². The summed E-state index contributed by atoms with van der Waals surface area (Å²) in [6, 6.07) is 5.38. The van der Waals surface area contributed by atoms with E-state index in [-0.39, 0.29) is 0 Å². The summed E-state index contributed by atoms with van der Waals surface area (Å²) in [5, 5.41) is 4.56. The van der Waals surface area contributed by atoms with Crippen LogP contribution in [0.25, 0.3) is 0 Å². The van der Waals surface area contributed by atoms with Crippen LogP contribution in [0.5, 0.6) is 0 Å². The van der Waals surface area contributed by atoms with E-state index in [1.54, 1.807) is 6.07 Å². The predicted octanol–water partition coefficient (Wildman–Crippen LogP) is 5.13. The molecule has 1 heterocycles. The molecule has 0 aliphatic carbocycles. The molecule has 0 bridgehead atoms. The minimum atomic E-state index is 0.456. The second-order valence-corrected chi connectivity index (χ2v) is 5.11. The van der Waals surface area contributed by atoms with E-state index in [1.165, 1.54) is 6.33 Å². The Hall–Kier alpha value is -1.03. The molecule has 1 N–H and O–H groups in total. The molecule has 1 aromatic carbocycles. The van der Waals surface area contributed by atoms with Crippen LogP contribution in [-0.4, -0.2) is 9.97 Å². The summed E-state index contributed by atoms with van der Waals surface area (Å²) in [6.45, 7) is 2.07. The molecule has 2 rings (SSSR count). The van der Waals surface area contributed by atoms with Gasteiger partial charge in [-0.3, -0.25) is 0 Å². The molecule has 0 saturated heterocycles. The Bertz CT molecular complexity index is 587. The fourth-order valence-corrected chi connectivity index (χ4v) is 2.27. The number of rotatable bonds is 4. The summed E-state index contributed by atoms with van der Waals surface area (Å²) in [4.78, 5) is 8.21. The minimum Gasteiger partial charge on any atom is -0.339 e. The summed E-state index contributed by atoms with van der Waals surface area (Å²) in [5.41, 5.74) is 1.57. The summed E-state index contributed by atoms with van der Waals surface area (Å²) >= 11 is 18.2. The Kier molecular flexibility index (Phi) is 4.86. The van der Waals surface area contributed by atoms with Crippen molar-refractivity contribution in [2.24, 2.45) is 0 Å². The molecule has 3 nitrogen and oxygen atoms in total. The van der Waals surface area contributed by atoms with Crippen molar-refractivity contribution in [1.82, 2.24) is 9.97 Å². The molecule has 0 aliphatic heterocycles. The maximum atomic E-state index is 6.14. The molecule has 0 saturated carbocycles. The van der Waals surface area contributed by atoms with E-state index in [0.717, 1.165) is 18.4 Å². The van der Waals surface area contributed by atoms with E-state index >= 15 is 0 Å². The lowest BCUT2D eigenvalue weighted by atomic mass is 10.2. The van der Waals surface area contributed by atoms with E-state index in [1.807, 2.05) is 12.1 Å². The van der Waals surface area contributed by atoms with Gasteiger partial charge in [0.25, 0.3) is 0 Å². The molecule has 0 amide bonds. The van der Waals surface area contributed by atoms with E-state index in [0.29, 0.717) is 26.7 Å². The van der Waals surface area contributed by atoms with Crippen LogP contribution in [0.3, 0.4) is 0 Å². The molecule has 0 spiro atoms. The zero-order chi connectivity index (χ0) is 13.8. The topological polar surface area (TPSA) is 37.8 Å². The first kappa shape index (κ1) is 14.4. The standard InChI is InChI=1S/C13H12Cl3N3/c1-2-4-8-12(16)17-7-18-13(8)19-10-6-3-5-9(14)11(10)15/h3,5-7H,2,4H2,1H3,(H,17,18,19). The molecule has 2 aromatic rings. The molecule has 0 aliphatic rings. The molecule has 0 unspecified atom stereocenters. The highest BCUT2D eigenvalue weighted by Gasteiger charge is 2.11.